The Morgan fingerprint density at radius 2 is 1.76 bits per heavy atom. The van der Waals surface area contributed by atoms with Crippen LogP contribution in [0.15, 0.2) is 24.8 Å². The molecule has 0 atom stereocenters. The number of hydrogen-bond donors (Lipinski definition) is 1. The SMILES string of the molecule is Nc1ncnc2c1ncn2N1C(=O)C=CC1=O. The van der Waals surface area contributed by atoms with E-state index in [2.05, 4.69) is 15.0 Å². The van der Waals surface area contributed by atoms with Gasteiger partial charge in [0.2, 0.25) is 0 Å². The summed E-state index contributed by atoms with van der Waals surface area (Å²) in [6, 6.07) is 0. The van der Waals surface area contributed by atoms with Gasteiger partial charge < -0.3 is 5.73 Å². The number of carbonyl (C=O) groups excluding carboxylic acids is 2. The number of imide groups is 1. The molecule has 2 N–H and O–H groups in total. The fraction of sp³-hybridized carbons (Fsp3) is 0. The molecule has 0 bridgehead atoms. The zero-order valence-electron chi connectivity index (χ0n) is 8.44. The smallest absolute Gasteiger partial charge is 0.273 e. The van der Waals surface area contributed by atoms with Gasteiger partial charge in [-0.05, 0) is 0 Å². The Morgan fingerprint density at radius 3 is 2.47 bits per heavy atom. The lowest BCUT2D eigenvalue weighted by Gasteiger charge is -2.14. The molecule has 0 saturated heterocycles. The van der Waals surface area contributed by atoms with E-state index in [9.17, 15) is 9.59 Å². The van der Waals surface area contributed by atoms with Crippen molar-refractivity contribution in [1.29, 1.82) is 0 Å². The Bertz CT molecular complexity index is 655. The predicted molar refractivity (Wildman–Crippen MR) is 57.1 cm³/mol. The van der Waals surface area contributed by atoms with Crippen molar-refractivity contribution in [1.82, 2.24) is 19.6 Å². The molecule has 84 valence electrons. The molecule has 1 aliphatic heterocycles. The fourth-order valence-electron chi connectivity index (χ4n) is 1.59. The van der Waals surface area contributed by atoms with Gasteiger partial charge in [-0.3, -0.25) is 9.59 Å². The van der Waals surface area contributed by atoms with Gasteiger partial charge in [0, 0.05) is 12.2 Å². The molecular formula is C9H6N6O2. The Labute approximate surface area is 94.3 Å². The summed E-state index contributed by atoms with van der Waals surface area (Å²) >= 11 is 0. The van der Waals surface area contributed by atoms with Crippen molar-refractivity contribution in [3.8, 4) is 0 Å². The summed E-state index contributed by atoms with van der Waals surface area (Å²) in [6.07, 6.45) is 4.91. The van der Waals surface area contributed by atoms with Crippen molar-refractivity contribution in [3.05, 3.63) is 24.8 Å². The lowest BCUT2D eigenvalue weighted by molar-refractivity contribution is -0.122. The van der Waals surface area contributed by atoms with Crippen LogP contribution in [-0.2, 0) is 9.59 Å². The van der Waals surface area contributed by atoms with Crippen molar-refractivity contribution in [2.45, 2.75) is 0 Å². The monoisotopic (exact) mass is 230 g/mol. The van der Waals surface area contributed by atoms with Crippen LogP contribution >= 0.6 is 0 Å². The molecule has 8 nitrogen and oxygen atoms in total. The highest BCUT2D eigenvalue weighted by Gasteiger charge is 2.27. The van der Waals surface area contributed by atoms with E-state index in [4.69, 9.17) is 5.73 Å². The van der Waals surface area contributed by atoms with Crippen LogP contribution in [0, 0.1) is 0 Å². The van der Waals surface area contributed by atoms with Gasteiger partial charge in [0.1, 0.15) is 12.7 Å². The van der Waals surface area contributed by atoms with Crippen molar-refractivity contribution < 1.29 is 9.59 Å². The highest BCUT2D eigenvalue weighted by molar-refractivity contribution is 6.23. The molecule has 0 unspecified atom stereocenters. The molecule has 0 saturated carbocycles. The second kappa shape index (κ2) is 3.11. The van der Waals surface area contributed by atoms with Crippen LogP contribution in [0.4, 0.5) is 5.82 Å². The molecule has 3 heterocycles. The van der Waals surface area contributed by atoms with Crippen LogP contribution in [0.2, 0.25) is 0 Å². The van der Waals surface area contributed by atoms with Crippen molar-refractivity contribution in [3.63, 3.8) is 0 Å². The summed E-state index contributed by atoms with van der Waals surface area (Å²) in [5, 5.41) is 0.918. The van der Waals surface area contributed by atoms with Gasteiger partial charge in [0.15, 0.2) is 17.0 Å². The number of hydrogen-bond acceptors (Lipinski definition) is 6. The number of nitrogen functional groups attached to an aromatic ring is 1. The summed E-state index contributed by atoms with van der Waals surface area (Å²) in [5.41, 5.74) is 6.26. The Morgan fingerprint density at radius 1 is 1.06 bits per heavy atom. The third-order valence-corrected chi connectivity index (χ3v) is 2.35. The van der Waals surface area contributed by atoms with Crippen LogP contribution in [0.5, 0.6) is 0 Å². The average molecular weight is 230 g/mol. The number of anilines is 1. The van der Waals surface area contributed by atoms with Gasteiger partial charge in [-0.15, -0.1) is 0 Å². The van der Waals surface area contributed by atoms with E-state index in [0.717, 1.165) is 5.01 Å². The van der Waals surface area contributed by atoms with Crippen molar-refractivity contribution >= 4 is 28.8 Å². The number of nitrogens with zero attached hydrogens (tertiary/aromatic N) is 5. The molecule has 1 aliphatic rings. The maximum atomic E-state index is 11.5. The lowest BCUT2D eigenvalue weighted by Crippen LogP contribution is -2.39. The first kappa shape index (κ1) is 9.46. The maximum absolute atomic E-state index is 11.5. The van der Waals surface area contributed by atoms with Gasteiger partial charge in [-0.25, -0.2) is 19.6 Å². The third-order valence-electron chi connectivity index (χ3n) is 2.35. The van der Waals surface area contributed by atoms with Crippen LogP contribution in [0.3, 0.4) is 0 Å². The van der Waals surface area contributed by atoms with Gasteiger partial charge in [-0.1, -0.05) is 0 Å². The van der Waals surface area contributed by atoms with Crippen molar-refractivity contribution in [2.24, 2.45) is 0 Å². The molecule has 0 aromatic carbocycles. The Balaban J connectivity index is 2.22. The zero-order chi connectivity index (χ0) is 12.0. The molecule has 17 heavy (non-hydrogen) atoms. The molecule has 2 aromatic heterocycles. The van der Waals surface area contributed by atoms with Crippen LogP contribution in [0.25, 0.3) is 11.2 Å². The molecule has 3 rings (SSSR count). The summed E-state index contributed by atoms with van der Waals surface area (Å²) in [5.74, 6) is -0.709. The van der Waals surface area contributed by atoms with E-state index in [0.29, 0.717) is 11.2 Å². The standard InChI is InChI=1S/C9H6N6O2/c10-8-7-9(12-3-11-8)14(4-13-7)15-5(16)1-2-6(15)17/h1-4H,(H2,10,11,12). The zero-order valence-corrected chi connectivity index (χ0v) is 8.44. The molecule has 2 amide bonds. The summed E-state index contributed by atoms with van der Waals surface area (Å²) in [7, 11) is 0. The molecule has 0 radical (unpaired) electrons. The lowest BCUT2D eigenvalue weighted by atomic mass is 10.5. The summed E-state index contributed by atoms with van der Waals surface area (Å²) in [6.45, 7) is 0. The van der Waals surface area contributed by atoms with Crippen LogP contribution in [-0.4, -0.2) is 31.4 Å². The number of carbonyl (C=O) groups is 2. The summed E-state index contributed by atoms with van der Waals surface area (Å²) in [4.78, 5) is 34.7. The van der Waals surface area contributed by atoms with Crippen LogP contribution < -0.4 is 10.7 Å². The molecule has 0 fully saturated rings. The van der Waals surface area contributed by atoms with E-state index in [1.807, 2.05) is 0 Å². The van der Waals surface area contributed by atoms with Gasteiger partial charge in [0.05, 0.1) is 0 Å². The minimum absolute atomic E-state index is 0.195. The number of aromatic nitrogens is 4. The van der Waals surface area contributed by atoms with Gasteiger partial charge in [0.25, 0.3) is 11.8 Å². The Kier molecular flexibility index (Phi) is 1.73. The fourth-order valence-corrected chi connectivity index (χ4v) is 1.59. The van der Waals surface area contributed by atoms with Crippen molar-refractivity contribution in [2.75, 3.05) is 10.7 Å². The van der Waals surface area contributed by atoms with Crippen LogP contribution in [0.1, 0.15) is 0 Å². The normalized spacial score (nSPS) is 15.2. The van der Waals surface area contributed by atoms with E-state index in [1.165, 1.54) is 29.5 Å². The highest BCUT2D eigenvalue weighted by Crippen LogP contribution is 2.16. The highest BCUT2D eigenvalue weighted by atomic mass is 16.2. The van der Waals surface area contributed by atoms with Gasteiger partial charge in [-0.2, -0.15) is 5.01 Å². The first-order chi connectivity index (χ1) is 8.18. The number of rotatable bonds is 1. The molecule has 8 heteroatoms. The van der Waals surface area contributed by atoms with Gasteiger partial charge >= 0.3 is 0 Å². The van der Waals surface area contributed by atoms with E-state index >= 15 is 0 Å². The minimum atomic E-state index is -0.452. The van der Waals surface area contributed by atoms with E-state index in [-0.39, 0.29) is 5.82 Å². The third kappa shape index (κ3) is 1.20. The maximum Gasteiger partial charge on any atom is 0.273 e. The molecule has 0 spiro atoms. The second-order valence-corrected chi connectivity index (χ2v) is 3.34. The molecule has 2 aromatic rings. The summed E-state index contributed by atoms with van der Waals surface area (Å²) < 4.78 is 1.25. The predicted octanol–water partition coefficient (Wildman–Crippen LogP) is -1.03. The Hall–Kier alpha value is -2.77. The number of imidazole rings is 1. The minimum Gasteiger partial charge on any atom is -0.382 e. The number of nitrogens with two attached hydrogens (primary N) is 1. The van der Waals surface area contributed by atoms with E-state index in [1.54, 1.807) is 0 Å². The topological polar surface area (TPSA) is 107 Å². The largest absolute Gasteiger partial charge is 0.382 e. The quantitative estimate of drug-likeness (QED) is 0.627. The second-order valence-electron chi connectivity index (χ2n) is 3.34. The van der Waals surface area contributed by atoms with E-state index < -0.39 is 11.8 Å². The first-order valence-electron chi connectivity index (χ1n) is 4.68. The number of amides is 2. The average Bonchev–Trinajstić information content (AvgIpc) is 2.84. The number of fused-ring (bicyclic) bond motifs is 1. The first-order valence-corrected chi connectivity index (χ1v) is 4.68. The molecular weight excluding hydrogens is 224 g/mol. The molecule has 0 aliphatic carbocycles.